The molecule has 2 saturated heterocycles. The van der Waals surface area contributed by atoms with Crippen molar-refractivity contribution >= 4 is 22.5 Å². The summed E-state index contributed by atoms with van der Waals surface area (Å²) in [7, 11) is 0. The summed E-state index contributed by atoms with van der Waals surface area (Å²) in [6.45, 7) is 10.9. The molecule has 30 heavy (non-hydrogen) atoms. The van der Waals surface area contributed by atoms with Gasteiger partial charge in [-0.25, -0.2) is 14.5 Å². The number of hydrogen-bond donors (Lipinski definition) is 2. The number of piperazine rings is 1. The van der Waals surface area contributed by atoms with Crippen molar-refractivity contribution in [1.82, 2.24) is 29.9 Å². The monoisotopic (exact) mass is 401 g/mol. The van der Waals surface area contributed by atoms with Crippen LogP contribution >= 0.6 is 0 Å². The third-order valence-corrected chi connectivity index (χ3v) is 6.99. The van der Waals surface area contributed by atoms with Gasteiger partial charge in [0, 0.05) is 42.5 Å². The van der Waals surface area contributed by atoms with Crippen molar-refractivity contribution in [3.8, 4) is 11.3 Å². The van der Waals surface area contributed by atoms with Gasteiger partial charge in [0.1, 0.15) is 12.1 Å². The molecule has 4 aromatic rings. The minimum absolute atomic E-state index is 0.347. The lowest BCUT2D eigenvalue weighted by molar-refractivity contribution is 0.261. The first-order valence-corrected chi connectivity index (χ1v) is 10.8. The standard InChI is InChI=1S/C23H27N7/c1-12(2)20-21(17-10-29-23(25-11-26-29)14(4)13(17)3)27-18-5-6-19(28-22(18)20)30-15-7-16(30)9-24-8-15/h5-6,10-12,15-16,24,27H,7-9H2,1-4H3. The number of pyridine rings is 2. The zero-order valence-electron chi connectivity index (χ0n) is 17.9. The molecular weight excluding hydrogens is 374 g/mol. The number of hydrogen-bond acceptors (Lipinski definition) is 5. The van der Waals surface area contributed by atoms with Gasteiger partial charge in [0.15, 0.2) is 5.65 Å². The van der Waals surface area contributed by atoms with Crippen LogP contribution in [0.5, 0.6) is 0 Å². The van der Waals surface area contributed by atoms with E-state index in [1.807, 2.05) is 4.52 Å². The van der Waals surface area contributed by atoms with Crippen LogP contribution in [0.2, 0.25) is 0 Å². The highest BCUT2D eigenvalue weighted by molar-refractivity contribution is 5.90. The van der Waals surface area contributed by atoms with Crippen molar-refractivity contribution in [3.05, 3.63) is 41.3 Å². The van der Waals surface area contributed by atoms with E-state index in [-0.39, 0.29) is 0 Å². The van der Waals surface area contributed by atoms with E-state index in [0.717, 1.165) is 46.8 Å². The summed E-state index contributed by atoms with van der Waals surface area (Å²) in [6.07, 6.45) is 4.99. The van der Waals surface area contributed by atoms with Crippen molar-refractivity contribution in [2.45, 2.75) is 52.1 Å². The molecule has 6 heterocycles. The third-order valence-electron chi connectivity index (χ3n) is 6.99. The van der Waals surface area contributed by atoms with Crippen LogP contribution in [0.1, 0.15) is 42.9 Å². The molecule has 7 nitrogen and oxygen atoms in total. The maximum Gasteiger partial charge on any atom is 0.158 e. The zero-order valence-corrected chi connectivity index (χ0v) is 17.9. The average Bonchev–Trinajstić information content (AvgIpc) is 3.35. The molecule has 7 heteroatoms. The molecule has 2 aliphatic heterocycles. The summed E-state index contributed by atoms with van der Waals surface area (Å²) < 4.78 is 1.88. The van der Waals surface area contributed by atoms with Crippen molar-refractivity contribution in [3.63, 3.8) is 0 Å². The molecule has 2 unspecified atom stereocenters. The Morgan fingerprint density at radius 3 is 2.63 bits per heavy atom. The Morgan fingerprint density at radius 1 is 1.10 bits per heavy atom. The van der Waals surface area contributed by atoms with Crippen LogP contribution < -0.4 is 10.2 Å². The fourth-order valence-electron chi connectivity index (χ4n) is 5.30. The number of rotatable bonds is 3. The fraction of sp³-hybridized carbons (Fsp3) is 0.435. The van der Waals surface area contributed by atoms with Crippen LogP contribution in [-0.2, 0) is 0 Å². The number of H-pyrrole nitrogens is 1. The van der Waals surface area contributed by atoms with Gasteiger partial charge >= 0.3 is 0 Å². The van der Waals surface area contributed by atoms with E-state index in [4.69, 9.17) is 4.98 Å². The van der Waals surface area contributed by atoms with Gasteiger partial charge in [-0.3, -0.25) is 0 Å². The average molecular weight is 402 g/mol. The molecule has 0 aromatic carbocycles. The molecule has 2 fully saturated rings. The molecule has 0 aliphatic carbocycles. The van der Waals surface area contributed by atoms with Gasteiger partial charge in [-0.2, -0.15) is 5.10 Å². The molecule has 0 amide bonds. The maximum atomic E-state index is 5.18. The summed E-state index contributed by atoms with van der Waals surface area (Å²) in [6, 6.07) is 5.53. The Labute approximate surface area is 175 Å². The molecule has 2 atom stereocenters. The van der Waals surface area contributed by atoms with Gasteiger partial charge in [-0.15, -0.1) is 0 Å². The number of piperidine rings is 1. The van der Waals surface area contributed by atoms with Crippen LogP contribution in [0.25, 0.3) is 27.9 Å². The van der Waals surface area contributed by atoms with Crippen LogP contribution in [0.4, 0.5) is 5.82 Å². The normalized spacial score (nSPS) is 21.0. The van der Waals surface area contributed by atoms with Gasteiger partial charge in [0.2, 0.25) is 0 Å². The first kappa shape index (κ1) is 17.9. The van der Waals surface area contributed by atoms with E-state index < -0.39 is 0 Å². The lowest BCUT2D eigenvalue weighted by Crippen LogP contribution is -2.68. The first-order chi connectivity index (χ1) is 14.5. The van der Waals surface area contributed by atoms with E-state index in [1.54, 1.807) is 6.33 Å². The number of aromatic amines is 1. The highest BCUT2D eigenvalue weighted by Gasteiger charge is 2.42. The molecule has 4 aromatic heterocycles. The summed E-state index contributed by atoms with van der Waals surface area (Å²) in [4.78, 5) is 15.8. The Bertz CT molecular complexity index is 1270. The quantitative estimate of drug-likeness (QED) is 0.549. The Balaban J connectivity index is 1.55. The molecule has 2 bridgehead atoms. The third kappa shape index (κ3) is 2.38. The van der Waals surface area contributed by atoms with E-state index in [2.05, 4.69) is 71.3 Å². The summed E-state index contributed by atoms with van der Waals surface area (Å²) in [5.41, 5.74) is 9.07. The molecule has 0 radical (unpaired) electrons. The number of aryl methyl sites for hydroxylation is 1. The molecule has 2 aliphatic rings. The largest absolute Gasteiger partial charge is 0.353 e. The highest BCUT2D eigenvalue weighted by Crippen LogP contribution is 2.39. The van der Waals surface area contributed by atoms with Gasteiger partial charge in [0.05, 0.1) is 16.7 Å². The van der Waals surface area contributed by atoms with Gasteiger partial charge in [-0.05, 0) is 49.4 Å². The Morgan fingerprint density at radius 2 is 1.90 bits per heavy atom. The number of aromatic nitrogens is 5. The summed E-state index contributed by atoms with van der Waals surface area (Å²) >= 11 is 0. The van der Waals surface area contributed by atoms with E-state index in [0.29, 0.717) is 18.0 Å². The lowest BCUT2D eigenvalue weighted by Gasteiger charge is -2.53. The molecule has 2 N–H and O–H groups in total. The number of nitrogens with zero attached hydrogens (tertiary/aromatic N) is 5. The number of anilines is 1. The Kier molecular flexibility index (Phi) is 3.75. The van der Waals surface area contributed by atoms with Crippen LogP contribution in [-0.4, -0.2) is 49.7 Å². The van der Waals surface area contributed by atoms with Crippen LogP contribution in [0.15, 0.2) is 24.7 Å². The van der Waals surface area contributed by atoms with E-state index in [9.17, 15) is 0 Å². The predicted octanol–water partition coefficient (Wildman–Crippen LogP) is 3.56. The molecule has 154 valence electrons. The Hall–Kier alpha value is -2.93. The highest BCUT2D eigenvalue weighted by atomic mass is 15.3. The SMILES string of the molecule is Cc1c(-c2[nH]c3ccc(N4C5CNCC4C5)nc3c2C(C)C)cn2ncnc2c1C. The second-order valence-electron chi connectivity index (χ2n) is 9.06. The van der Waals surface area contributed by atoms with Crippen LogP contribution in [0, 0.1) is 13.8 Å². The van der Waals surface area contributed by atoms with Crippen molar-refractivity contribution < 1.29 is 0 Å². The lowest BCUT2D eigenvalue weighted by atomic mass is 9.89. The maximum absolute atomic E-state index is 5.18. The van der Waals surface area contributed by atoms with Crippen LogP contribution in [0.3, 0.4) is 0 Å². The predicted molar refractivity (Wildman–Crippen MR) is 119 cm³/mol. The second kappa shape index (κ2) is 6.28. The van der Waals surface area contributed by atoms with Crippen molar-refractivity contribution in [2.75, 3.05) is 18.0 Å². The van der Waals surface area contributed by atoms with Gasteiger partial charge < -0.3 is 15.2 Å². The smallest absolute Gasteiger partial charge is 0.158 e. The number of fused-ring (bicyclic) bond motifs is 4. The minimum atomic E-state index is 0.347. The first-order valence-electron chi connectivity index (χ1n) is 10.8. The minimum Gasteiger partial charge on any atom is -0.353 e. The molecule has 6 rings (SSSR count). The summed E-state index contributed by atoms with van der Waals surface area (Å²) in [5, 5.41) is 7.90. The fourth-order valence-corrected chi connectivity index (χ4v) is 5.30. The summed E-state index contributed by atoms with van der Waals surface area (Å²) in [5.74, 6) is 1.46. The van der Waals surface area contributed by atoms with Gasteiger partial charge in [0.25, 0.3) is 0 Å². The van der Waals surface area contributed by atoms with E-state index in [1.165, 1.54) is 23.1 Å². The van der Waals surface area contributed by atoms with Crippen molar-refractivity contribution in [1.29, 1.82) is 0 Å². The second-order valence-corrected chi connectivity index (χ2v) is 9.06. The molecule has 0 saturated carbocycles. The molecule has 0 spiro atoms. The topological polar surface area (TPSA) is 74.1 Å². The van der Waals surface area contributed by atoms with E-state index >= 15 is 0 Å². The van der Waals surface area contributed by atoms with Gasteiger partial charge in [-0.1, -0.05) is 13.8 Å². The molecular formula is C23H27N7. The van der Waals surface area contributed by atoms with Crippen molar-refractivity contribution in [2.24, 2.45) is 0 Å². The number of nitrogens with one attached hydrogen (secondary N) is 2. The zero-order chi connectivity index (χ0) is 20.6.